The standard InChI is InChI=1S/C61H62N3O2.Pt/c1-37(2)49-35-44(60(5,6)7)36-50(38(3)4)57(49)64-52-20-14-19-46(56(52)63-58(64)47-23-21-41(34-53(47)65)39-27-31-61(32-28-39)29-11-8-12-30-61)42-16-13-17-43(33-42)51-25-24-48-55-45-18-10-9-15-40(45)22-26-54(55)66-59(48)62-51;/h9-10,13-26,34-39,65H,8,11-12,27-32H2,1-7H3;/q-1;. The van der Waals surface area contributed by atoms with Gasteiger partial charge in [-0.15, -0.1) is 29.8 Å². The van der Waals surface area contributed by atoms with Crippen LogP contribution in [0.4, 0.5) is 0 Å². The first kappa shape index (κ1) is 45.3. The molecule has 0 unspecified atom stereocenters. The zero-order chi connectivity index (χ0) is 45.5. The maximum absolute atomic E-state index is 12.3. The Hall–Kier alpha value is -5.51. The molecule has 6 aromatic carbocycles. The van der Waals surface area contributed by atoms with Gasteiger partial charge in [0.1, 0.15) is 17.2 Å². The van der Waals surface area contributed by atoms with Crippen molar-refractivity contribution in [2.75, 3.05) is 0 Å². The molecule has 2 aliphatic carbocycles. The molecule has 9 aromatic rings. The zero-order valence-corrected chi connectivity index (χ0v) is 42.4. The molecule has 0 saturated heterocycles. The summed E-state index contributed by atoms with van der Waals surface area (Å²) in [5.41, 5.74) is 14.5. The van der Waals surface area contributed by atoms with Crippen LogP contribution >= 0.6 is 0 Å². The Bertz CT molecular complexity index is 3280. The first-order valence-corrected chi connectivity index (χ1v) is 24.6. The second kappa shape index (κ2) is 17.5. The number of furan rings is 1. The van der Waals surface area contributed by atoms with Crippen LogP contribution in [0, 0.1) is 11.5 Å². The van der Waals surface area contributed by atoms with Crippen LogP contribution in [0.3, 0.4) is 0 Å². The molecule has 344 valence electrons. The number of fused-ring (bicyclic) bond motifs is 6. The predicted molar refractivity (Wildman–Crippen MR) is 274 cm³/mol. The molecule has 2 saturated carbocycles. The Labute approximate surface area is 410 Å². The molecule has 3 heterocycles. The third-order valence-electron chi connectivity index (χ3n) is 15.5. The van der Waals surface area contributed by atoms with Crippen molar-refractivity contribution in [3.05, 3.63) is 144 Å². The molecule has 6 heteroatoms. The van der Waals surface area contributed by atoms with Crippen LogP contribution < -0.4 is 0 Å². The zero-order valence-electron chi connectivity index (χ0n) is 40.1. The van der Waals surface area contributed by atoms with Crippen molar-refractivity contribution in [2.45, 2.75) is 129 Å². The van der Waals surface area contributed by atoms with E-state index < -0.39 is 0 Å². The van der Waals surface area contributed by atoms with Crippen LogP contribution in [0.25, 0.3) is 83.3 Å². The van der Waals surface area contributed by atoms with Crippen LogP contribution in [0.15, 0.2) is 120 Å². The van der Waals surface area contributed by atoms with Crippen LogP contribution in [0.2, 0.25) is 0 Å². The molecule has 2 aliphatic rings. The second-order valence-electron chi connectivity index (χ2n) is 21.4. The molecular weight excluding hydrogens is 1000 g/mol. The van der Waals surface area contributed by atoms with Gasteiger partial charge in [0.15, 0.2) is 0 Å². The number of phenolic OH excluding ortho intramolecular Hbond substituents is 1. The molecule has 0 atom stereocenters. The molecular formula is C61H62N3O2Pt-. The van der Waals surface area contributed by atoms with E-state index >= 15 is 0 Å². The largest absolute Gasteiger partial charge is 0.507 e. The van der Waals surface area contributed by atoms with E-state index in [1.54, 1.807) is 0 Å². The SMILES string of the molecule is CC(C)c1cc(C(C)(C)C)cc(C(C)C)c1-n1c(-c2ccc(C3CCC4(CCCCC4)CC3)cc2O)nc2c(-c3[c-]c(-c4ccc5c(n4)oc4ccc6ccccc6c45)ccc3)cccc21.[Pt]. The summed E-state index contributed by atoms with van der Waals surface area (Å²) >= 11 is 0. The number of nitrogens with zero attached hydrogens (tertiary/aromatic N) is 3. The molecule has 5 nitrogen and oxygen atoms in total. The molecule has 0 aliphatic heterocycles. The van der Waals surface area contributed by atoms with E-state index in [1.165, 1.54) is 85.4 Å². The number of rotatable bonds is 7. The fraction of sp³-hybridized carbons (Fsp3) is 0.344. The predicted octanol–water partition coefficient (Wildman–Crippen LogP) is 17.1. The van der Waals surface area contributed by atoms with Crippen LogP contribution in [0.1, 0.15) is 146 Å². The van der Waals surface area contributed by atoms with Gasteiger partial charge in [-0.2, -0.15) is 0 Å². The summed E-state index contributed by atoms with van der Waals surface area (Å²) in [6.07, 6.45) is 12.0. The topological polar surface area (TPSA) is 64.1 Å². The average Bonchev–Trinajstić information content (AvgIpc) is 3.90. The number of hydrogen-bond donors (Lipinski definition) is 1. The van der Waals surface area contributed by atoms with Crippen molar-refractivity contribution >= 4 is 43.9 Å². The Morgan fingerprint density at radius 3 is 2.13 bits per heavy atom. The smallest absolute Gasteiger partial charge is 0.220 e. The number of aromatic nitrogens is 3. The fourth-order valence-electron chi connectivity index (χ4n) is 11.7. The first-order chi connectivity index (χ1) is 31.9. The van der Waals surface area contributed by atoms with E-state index in [0.717, 1.165) is 72.2 Å². The first-order valence-electron chi connectivity index (χ1n) is 24.6. The quantitative estimate of drug-likeness (QED) is 0.162. The Morgan fingerprint density at radius 2 is 1.42 bits per heavy atom. The Balaban J connectivity index is 0.00000525. The summed E-state index contributed by atoms with van der Waals surface area (Å²) in [7, 11) is 0. The van der Waals surface area contributed by atoms with Gasteiger partial charge < -0.3 is 9.52 Å². The summed E-state index contributed by atoms with van der Waals surface area (Å²) < 4.78 is 8.75. The van der Waals surface area contributed by atoms with Gasteiger partial charge in [0, 0.05) is 37.5 Å². The van der Waals surface area contributed by atoms with Gasteiger partial charge in [-0.1, -0.05) is 152 Å². The Kier molecular flexibility index (Phi) is 11.9. The van der Waals surface area contributed by atoms with Crippen molar-refractivity contribution in [2.24, 2.45) is 5.41 Å². The molecule has 2 fully saturated rings. The number of aromatic hydroxyl groups is 1. The summed E-state index contributed by atoms with van der Waals surface area (Å²) in [4.78, 5) is 10.7. The van der Waals surface area contributed by atoms with Crippen molar-refractivity contribution in [1.29, 1.82) is 0 Å². The third-order valence-corrected chi connectivity index (χ3v) is 15.5. The van der Waals surface area contributed by atoms with E-state index in [1.807, 2.05) is 6.07 Å². The van der Waals surface area contributed by atoms with Crippen molar-refractivity contribution < 1.29 is 30.6 Å². The third kappa shape index (κ3) is 8.03. The fourth-order valence-corrected chi connectivity index (χ4v) is 11.7. The number of benzene rings is 6. The van der Waals surface area contributed by atoms with Crippen molar-refractivity contribution in [3.63, 3.8) is 0 Å². The van der Waals surface area contributed by atoms with Gasteiger partial charge in [0.05, 0.1) is 22.3 Å². The van der Waals surface area contributed by atoms with Crippen LogP contribution in [-0.2, 0) is 26.5 Å². The molecule has 67 heavy (non-hydrogen) atoms. The van der Waals surface area contributed by atoms with Crippen LogP contribution in [0.5, 0.6) is 5.75 Å². The second-order valence-corrected chi connectivity index (χ2v) is 21.4. The van der Waals surface area contributed by atoms with E-state index in [4.69, 9.17) is 14.4 Å². The van der Waals surface area contributed by atoms with Crippen molar-refractivity contribution in [3.8, 4) is 45.2 Å². The van der Waals surface area contributed by atoms with Gasteiger partial charge in [-0.25, -0.2) is 4.98 Å². The molecule has 3 aromatic heterocycles. The minimum Gasteiger partial charge on any atom is -0.507 e. The van der Waals surface area contributed by atoms with E-state index in [2.05, 4.69) is 168 Å². The van der Waals surface area contributed by atoms with Gasteiger partial charge in [-0.05, 0) is 124 Å². The number of pyridine rings is 1. The Morgan fingerprint density at radius 1 is 0.701 bits per heavy atom. The summed E-state index contributed by atoms with van der Waals surface area (Å²) in [6, 6.07) is 44.7. The van der Waals surface area contributed by atoms with Gasteiger partial charge in [-0.3, -0.25) is 9.55 Å². The average molecular weight is 1060 g/mol. The molecule has 0 bridgehead atoms. The van der Waals surface area contributed by atoms with Gasteiger partial charge in [0.2, 0.25) is 5.71 Å². The van der Waals surface area contributed by atoms with Gasteiger partial charge in [0.25, 0.3) is 0 Å². The molecule has 1 spiro atoms. The molecule has 0 amide bonds. The maximum atomic E-state index is 12.3. The summed E-state index contributed by atoms with van der Waals surface area (Å²) in [6.45, 7) is 16.1. The number of phenols is 1. The van der Waals surface area contributed by atoms with E-state index in [9.17, 15) is 5.11 Å². The van der Waals surface area contributed by atoms with Crippen molar-refractivity contribution in [1.82, 2.24) is 14.5 Å². The molecule has 11 rings (SSSR count). The van der Waals surface area contributed by atoms with Crippen LogP contribution in [-0.4, -0.2) is 19.6 Å². The van der Waals surface area contributed by atoms with E-state index in [0.29, 0.717) is 22.8 Å². The molecule has 1 N–H and O–H groups in total. The summed E-state index contributed by atoms with van der Waals surface area (Å²) in [5.74, 6) is 1.99. The van der Waals surface area contributed by atoms with E-state index in [-0.39, 0.29) is 38.3 Å². The number of hydrogen-bond acceptors (Lipinski definition) is 4. The number of para-hydroxylation sites is 1. The summed E-state index contributed by atoms with van der Waals surface area (Å²) in [5, 5.41) is 16.7. The van der Waals surface area contributed by atoms with Gasteiger partial charge >= 0.3 is 0 Å². The normalized spacial score (nSPS) is 15.7. The minimum absolute atomic E-state index is 0. The minimum atomic E-state index is -0.0261. The maximum Gasteiger partial charge on any atom is 0.220 e. The number of imidazole rings is 1. The molecule has 0 radical (unpaired) electrons. The monoisotopic (exact) mass is 1060 g/mol.